The topological polar surface area (TPSA) is 155 Å². The molecule has 2 fully saturated rings. The second-order valence-corrected chi connectivity index (χ2v) is 8.76. The molecule has 0 aromatic carbocycles. The lowest BCUT2D eigenvalue weighted by Crippen LogP contribution is -2.61. The molecule has 32 heavy (non-hydrogen) atoms. The van der Waals surface area contributed by atoms with Gasteiger partial charge in [-0.3, -0.25) is 38.6 Å². The van der Waals surface area contributed by atoms with Crippen LogP contribution >= 0.6 is 0 Å². The van der Waals surface area contributed by atoms with Crippen molar-refractivity contribution < 1.29 is 33.9 Å². The lowest BCUT2D eigenvalue weighted by atomic mass is 9.69. The van der Waals surface area contributed by atoms with E-state index in [0.29, 0.717) is 32.2 Å². The fraction of sp³-hybridized carbons (Fsp3) is 0.636. The molecule has 1 saturated heterocycles. The van der Waals surface area contributed by atoms with Crippen LogP contribution in [0.1, 0.15) is 57.8 Å². The first-order chi connectivity index (χ1) is 15.2. The molecule has 3 aliphatic rings. The number of likely N-dealkylation sites (tertiary alicyclic amines) is 1. The number of carbonyl (C=O) groups excluding carboxylic acids is 5. The lowest BCUT2D eigenvalue weighted by molar-refractivity contribution is -0.162. The van der Waals surface area contributed by atoms with Gasteiger partial charge in [-0.15, -0.1) is 0 Å². The van der Waals surface area contributed by atoms with E-state index >= 15 is 0 Å². The fourth-order valence-electron chi connectivity index (χ4n) is 5.02. The number of ketones is 1. The van der Waals surface area contributed by atoms with Crippen LogP contribution in [0, 0.1) is 11.8 Å². The molecule has 10 heteroatoms. The van der Waals surface area contributed by atoms with Crippen LogP contribution in [0.2, 0.25) is 0 Å². The van der Waals surface area contributed by atoms with E-state index in [2.05, 4.69) is 0 Å². The molecule has 10 nitrogen and oxygen atoms in total. The van der Waals surface area contributed by atoms with Crippen molar-refractivity contribution in [2.45, 2.75) is 63.3 Å². The van der Waals surface area contributed by atoms with Crippen molar-refractivity contribution in [3.63, 3.8) is 0 Å². The van der Waals surface area contributed by atoms with Crippen LogP contribution in [-0.2, 0) is 28.8 Å². The van der Waals surface area contributed by atoms with Crippen molar-refractivity contribution in [3.05, 3.63) is 12.2 Å². The predicted octanol–water partition coefficient (Wildman–Crippen LogP) is 0.388. The van der Waals surface area contributed by atoms with E-state index in [0.717, 1.165) is 9.80 Å². The molecule has 2 heterocycles. The minimum Gasteiger partial charge on any atom is -0.481 e. The predicted molar refractivity (Wildman–Crippen MR) is 111 cm³/mol. The number of nitrogens with zero attached hydrogens (tertiary/aromatic N) is 2. The van der Waals surface area contributed by atoms with E-state index in [1.54, 1.807) is 0 Å². The smallest absolute Gasteiger partial charge is 0.314 e. The summed E-state index contributed by atoms with van der Waals surface area (Å²) in [6, 6.07) is 0. The largest absolute Gasteiger partial charge is 0.481 e. The minimum absolute atomic E-state index is 0.00462. The number of carbonyl (C=O) groups is 6. The highest BCUT2D eigenvalue weighted by Gasteiger charge is 2.55. The van der Waals surface area contributed by atoms with Crippen molar-refractivity contribution in [2.24, 2.45) is 17.6 Å². The van der Waals surface area contributed by atoms with Gasteiger partial charge in [0.05, 0.1) is 0 Å². The molecule has 0 bridgehead atoms. The van der Waals surface area contributed by atoms with Gasteiger partial charge in [-0.25, -0.2) is 0 Å². The van der Waals surface area contributed by atoms with Crippen LogP contribution in [0.3, 0.4) is 0 Å². The van der Waals surface area contributed by atoms with Crippen LogP contribution in [0.25, 0.3) is 0 Å². The number of imide groups is 2. The van der Waals surface area contributed by atoms with E-state index in [4.69, 9.17) is 5.73 Å². The van der Waals surface area contributed by atoms with Gasteiger partial charge in [0.25, 0.3) is 11.8 Å². The number of unbranched alkanes of at least 4 members (excludes halogenated alkanes) is 1. The lowest BCUT2D eigenvalue weighted by Gasteiger charge is -2.45. The molecule has 0 aromatic rings. The van der Waals surface area contributed by atoms with Crippen LogP contribution in [0.15, 0.2) is 12.2 Å². The zero-order chi connectivity index (χ0) is 23.5. The maximum atomic E-state index is 13.6. The molecule has 2 aliphatic heterocycles. The summed E-state index contributed by atoms with van der Waals surface area (Å²) >= 11 is 0. The second kappa shape index (κ2) is 9.72. The fourth-order valence-corrected chi connectivity index (χ4v) is 5.02. The van der Waals surface area contributed by atoms with Gasteiger partial charge in [-0.1, -0.05) is 6.42 Å². The molecule has 1 aliphatic carbocycles. The molecule has 1 unspecified atom stereocenters. The molecule has 1 saturated carbocycles. The number of aliphatic carboxylic acids is 1. The highest BCUT2D eigenvalue weighted by molar-refractivity contribution is 6.13. The first-order valence-electron chi connectivity index (χ1n) is 11.1. The number of amides is 4. The summed E-state index contributed by atoms with van der Waals surface area (Å²) in [6.07, 6.45) is 4.55. The summed E-state index contributed by atoms with van der Waals surface area (Å²) in [5.41, 5.74) is 3.99. The SMILES string of the molecule is NCCCCC(C(=O)O)C(=O)C1(N2C(=O)CCC2=O)CCC(CN2C(=O)C=CC2=O)CC1. The number of carboxylic acid groups (broad SMARTS) is 1. The van der Waals surface area contributed by atoms with E-state index < -0.39 is 46.8 Å². The van der Waals surface area contributed by atoms with E-state index in [1.165, 1.54) is 12.2 Å². The van der Waals surface area contributed by atoms with Gasteiger partial charge in [0.15, 0.2) is 5.78 Å². The van der Waals surface area contributed by atoms with Gasteiger partial charge < -0.3 is 10.8 Å². The third-order valence-corrected chi connectivity index (χ3v) is 6.77. The Labute approximate surface area is 185 Å². The first kappa shape index (κ1) is 23.8. The Kier molecular flexibility index (Phi) is 7.22. The normalized spacial score (nSPS) is 26.8. The average molecular weight is 447 g/mol. The Balaban J connectivity index is 1.82. The van der Waals surface area contributed by atoms with Crippen molar-refractivity contribution in [1.29, 1.82) is 0 Å². The Morgan fingerprint density at radius 3 is 2.09 bits per heavy atom. The number of hydrogen-bond acceptors (Lipinski definition) is 7. The molecule has 3 N–H and O–H groups in total. The first-order valence-corrected chi connectivity index (χ1v) is 11.1. The third kappa shape index (κ3) is 4.50. The number of rotatable bonds is 10. The zero-order valence-electron chi connectivity index (χ0n) is 18.0. The minimum atomic E-state index is -1.50. The highest BCUT2D eigenvalue weighted by Crippen LogP contribution is 2.42. The van der Waals surface area contributed by atoms with Crippen LogP contribution in [-0.4, -0.2) is 68.9 Å². The molecular weight excluding hydrogens is 418 g/mol. The van der Waals surface area contributed by atoms with Crippen molar-refractivity contribution in [2.75, 3.05) is 13.1 Å². The molecule has 174 valence electrons. The molecular formula is C22H29N3O7. The van der Waals surface area contributed by atoms with Crippen molar-refractivity contribution in [3.8, 4) is 0 Å². The number of Topliss-reactive ketones (excluding diaryl/α,β-unsaturated/α-hetero) is 1. The number of nitrogens with two attached hydrogens (primary N) is 1. The quantitative estimate of drug-likeness (QED) is 0.277. The van der Waals surface area contributed by atoms with Crippen LogP contribution in [0.5, 0.6) is 0 Å². The standard InChI is InChI=1S/C22H29N3O7/c23-12-2-1-3-15(21(31)32)20(30)22(25-18(28)6-7-19(25)29)10-8-14(9-11-22)13-24-16(26)4-5-17(24)27/h4-5,14-15H,1-3,6-13,23H2,(H,31,32). The van der Waals surface area contributed by atoms with Gasteiger partial charge in [-0.05, 0) is 51.0 Å². The Morgan fingerprint density at radius 1 is 1.03 bits per heavy atom. The number of carboxylic acids is 1. The van der Waals surface area contributed by atoms with Gasteiger partial charge in [0.1, 0.15) is 11.5 Å². The summed E-state index contributed by atoms with van der Waals surface area (Å²) in [5.74, 6) is -5.00. The monoisotopic (exact) mass is 447 g/mol. The van der Waals surface area contributed by atoms with Gasteiger partial charge in [0, 0.05) is 31.5 Å². The Bertz CT molecular complexity index is 824. The van der Waals surface area contributed by atoms with Crippen molar-refractivity contribution in [1.82, 2.24) is 9.80 Å². The van der Waals surface area contributed by atoms with Gasteiger partial charge in [-0.2, -0.15) is 0 Å². The Morgan fingerprint density at radius 2 is 1.59 bits per heavy atom. The maximum absolute atomic E-state index is 13.6. The maximum Gasteiger partial charge on any atom is 0.314 e. The molecule has 3 rings (SSSR count). The molecule has 1 atom stereocenters. The Hall–Kier alpha value is -2.88. The molecule has 0 spiro atoms. The third-order valence-electron chi connectivity index (χ3n) is 6.77. The van der Waals surface area contributed by atoms with Crippen LogP contribution in [0.4, 0.5) is 0 Å². The zero-order valence-corrected chi connectivity index (χ0v) is 18.0. The van der Waals surface area contributed by atoms with Crippen molar-refractivity contribution >= 4 is 35.4 Å². The highest BCUT2D eigenvalue weighted by atomic mass is 16.4. The summed E-state index contributed by atoms with van der Waals surface area (Å²) in [7, 11) is 0. The van der Waals surface area contributed by atoms with E-state index in [9.17, 15) is 33.9 Å². The summed E-state index contributed by atoms with van der Waals surface area (Å²) in [4.78, 5) is 76.6. The summed E-state index contributed by atoms with van der Waals surface area (Å²) in [6.45, 7) is 0.564. The van der Waals surface area contributed by atoms with Crippen LogP contribution < -0.4 is 5.73 Å². The van der Waals surface area contributed by atoms with E-state index in [-0.39, 0.29) is 44.6 Å². The molecule has 0 aromatic heterocycles. The van der Waals surface area contributed by atoms with Gasteiger partial charge in [0.2, 0.25) is 11.8 Å². The molecule has 0 radical (unpaired) electrons. The summed E-state index contributed by atoms with van der Waals surface area (Å²) < 4.78 is 0. The number of hydrogen-bond donors (Lipinski definition) is 2. The molecule has 4 amide bonds. The summed E-state index contributed by atoms with van der Waals surface area (Å²) in [5, 5.41) is 9.73. The average Bonchev–Trinajstić information content (AvgIpc) is 3.27. The van der Waals surface area contributed by atoms with Gasteiger partial charge >= 0.3 is 5.97 Å². The second-order valence-electron chi connectivity index (χ2n) is 8.76. The van der Waals surface area contributed by atoms with E-state index in [1.807, 2.05) is 0 Å².